The molecule has 0 fully saturated rings. The average molecular weight is 304 g/mol. The molecule has 2 heterocycles. The SMILES string of the molecule is CCn1cnc2cc(-c3noc(-c4cccc(C)c4)n3)ccc21. The van der Waals surface area contributed by atoms with Crippen molar-refractivity contribution in [2.45, 2.75) is 20.4 Å². The molecule has 2 aromatic carbocycles. The number of aryl methyl sites for hydroxylation is 2. The molecule has 4 rings (SSSR count). The topological polar surface area (TPSA) is 56.7 Å². The van der Waals surface area contributed by atoms with Gasteiger partial charge in [0.25, 0.3) is 5.89 Å². The number of fused-ring (bicyclic) bond motifs is 1. The Labute approximate surface area is 133 Å². The fourth-order valence-corrected chi connectivity index (χ4v) is 2.69. The number of aromatic nitrogens is 4. The van der Waals surface area contributed by atoms with Gasteiger partial charge in [0.05, 0.1) is 17.4 Å². The molecular weight excluding hydrogens is 288 g/mol. The van der Waals surface area contributed by atoms with Crippen LogP contribution in [-0.4, -0.2) is 19.7 Å². The molecule has 0 N–H and O–H groups in total. The molecule has 0 saturated carbocycles. The van der Waals surface area contributed by atoms with Crippen LogP contribution in [0.25, 0.3) is 33.9 Å². The molecule has 0 aliphatic rings. The van der Waals surface area contributed by atoms with Gasteiger partial charge in [-0.2, -0.15) is 4.98 Å². The molecule has 23 heavy (non-hydrogen) atoms. The molecule has 0 bridgehead atoms. The van der Waals surface area contributed by atoms with Crippen molar-refractivity contribution < 1.29 is 4.52 Å². The van der Waals surface area contributed by atoms with Crippen molar-refractivity contribution in [1.29, 1.82) is 0 Å². The molecule has 0 atom stereocenters. The highest BCUT2D eigenvalue weighted by molar-refractivity contribution is 5.80. The Balaban J connectivity index is 1.74. The van der Waals surface area contributed by atoms with E-state index < -0.39 is 0 Å². The molecule has 0 amide bonds. The predicted octanol–water partition coefficient (Wildman–Crippen LogP) is 4.08. The maximum Gasteiger partial charge on any atom is 0.258 e. The largest absolute Gasteiger partial charge is 0.334 e. The zero-order valence-electron chi connectivity index (χ0n) is 13.0. The normalized spacial score (nSPS) is 11.2. The molecule has 0 aliphatic heterocycles. The zero-order chi connectivity index (χ0) is 15.8. The average Bonchev–Trinajstić information content (AvgIpc) is 3.21. The minimum absolute atomic E-state index is 0.530. The monoisotopic (exact) mass is 304 g/mol. The van der Waals surface area contributed by atoms with E-state index in [1.807, 2.05) is 55.7 Å². The quantitative estimate of drug-likeness (QED) is 0.572. The Morgan fingerprint density at radius 1 is 1.09 bits per heavy atom. The lowest BCUT2D eigenvalue weighted by Gasteiger charge is -1.99. The highest BCUT2D eigenvalue weighted by Gasteiger charge is 2.12. The Hall–Kier alpha value is -2.95. The van der Waals surface area contributed by atoms with Crippen LogP contribution in [0.4, 0.5) is 0 Å². The van der Waals surface area contributed by atoms with Gasteiger partial charge < -0.3 is 9.09 Å². The summed E-state index contributed by atoms with van der Waals surface area (Å²) >= 11 is 0. The summed E-state index contributed by atoms with van der Waals surface area (Å²) in [6.07, 6.45) is 1.85. The first-order valence-electron chi connectivity index (χ1n) is 7.60. The molecule has 0 aliphatic carbocycles. The number of nitrogens with zero attached hydrogens (tertiary/aromatic N) is 4. The summed E-state index contributed by atoms with van der Waals surface area (Å²) in [5, 5.41) is 4.11. The van der Waals surface area contributed by atoms with E-state index in [9.17, 15) is 0 Å². The first kappa shape index (κ1) is 13.7. The van der Waals surface area contributed by atoms with E-state index in [0.717, 1.165) is 34.3 Å². The minimum Gasteiger partial charge on any atom is -0.334 e. The van der Waals surface area contributed by atoms with Crippen LogP contribution in [-0.2, 0) is 6.54 Å². The van der Waals surface area contributed by atoms with E-state index in [1.54, 1.807) is 0 Å². The summed E-state index contributed by atoms with van der Waals surface area (Å²) in [6, 6.07) is 14.1. The van der Waals surface area contributed by atoms with Gasteiger partial charge in [-0.1, -0.05) is 22.9 Å². The summed E-state index contributed by atoms with van der Waals surface area (Å²) in [6.45, 7) is 5.04. The lowest BCUT2D eigenvalue weighted by Crippen LogP contribution is -1.90. The fraction of sp³-hybridized carbons (Fsp3) is 0.167. The Morgan fingerprint density at radius 3 is 2.83 bits per heavy atom. The Kier molecular flexibility index (Phi) is 3.19. The van der Waals surface area contributed by atoms with E-state index in [2.05, 4.69) is 26.6 Å². The van der Waals surface area contributed by atoms with Crippen molar-refractivity contribution in [1.82, 2.24) is 19.7 Å². The van der Waals surface area contributed by atoms with Crippen LogP contribution < -0.4 is 0 Å². The zero-order valence-corrected chi connectivity index (χ0v) is 13.0. The molecular formula is C18H16N4O. The Bertz CT molecular complexity index is 984. The summed E-state index contributed by atoms with van der Waals surface area (Å²) in [5.74, 6) is 1.11. The summed E-state index contributed by atoms with van der Waals surface area (Å²) in [5.41, 5.74) is 5.04. The number of benzene rings is 2. The lowest BCUT2D eigenvalue weighted by molar-refractivity contribution is 0.432. The van der Waals surface area contributed by atoms with Gasteiger partial charge in [0, 0.05) is 17.7 Å². The van der Waals surface area contributed by atoms with E-state index in [1.165, 1.54) is 0 Å². The second-order valence-corrected chi connectivity index (χ2v) is 5.53. The highest BCUT2D eigenvalue weighted by atomic mass is 16.5. The van der Waals surface area contributed by atoms with Crippen molar-refractivity contribution in [3.63, 3.8) is 0 Å². The first-order chi connectivity index (χ1) is 11.2. The highest BCUT2D eigenvalue weighted by Crippen LogP contribution is 2.25. The van der Waals surface area contributed by atoms with Crippen molar-refractivity contribution in [2.24, 2.45) is 0 Å². The van der Waals surface area contributed by atoms with Gasteiger partial charge in [0.2, 0.25) is 5.82 Å². The van der Waals surface area contributed by atoms with E-state index in [4.69, 9.17) is 4.52 Å². The standard InChI is InChI=1S/C18H16N4O/c1-3-22-11-19-15-10-13(7-8-16(15)22)17-20-18(23-21-17)14-6-4-5-12(2)9-14/h4-11H,3H2,1-2H3. The van der Waals surface area contributed by atoms with E-state index >= 15 is 0 Å². The molecule has 0 unspecified atom stereocenters. The van der Waals surface area contributed by atoms with Crippen LogP contribution in [0.2, 0.25) is 0 Å². The number of hydrogen-bond donors (Lipinski definition) is 0. The first-order valence-corrected chi connectivity index (χ1v) is 7.60. The number of rotatable bonds is 3. The lowest BCUT2D eigenvalue weighted by atomic mass is 10.1. The Morgan fingerprint density at radius 2 is 2.00 bits per heavy atom. The van der Waals surface area contributed by atoms with Crippen LogP contribution in [0.5, 0.6) is 0 Å². The maximum atomic E-state index is 5.41. The third-order valence-electron chi connectivity index (χ3n) is 3.91. The predicted molar refractivity (Wildman–Crippen MR) is 88.9 cm³/mol. The van der Waals surface area contributed by atoms with Crippen LogP contribution in [0.15, 0.2) is 53.3 Å². The smallest absolute Gasteiger partial charge is 0.258 e. The van der Waals surface area contributed by atoms with Gasteiger partial charge in [-0.05, 0) is 44.2 Å². The molecule has 5 nitrogen and oxygen atoms in total. The van der Waals surface area contributed by atoms with Gasteiger partial charge in [-0.25, -0.2) is 4.98 Å². The van der Waals surface area contributed by atoms with Crippen LogP contribution in [0.3, 0.4) is 0 Å². The fourth-order valence-electron chi connectivity index (χ4n) is 2.69. The molecule has 0 saturated heterocycles. The molecule has 4 aromatic rings. The van der Waals surface area contributed by atoms with Crippen LogP contribution >= 0.6 is 0 Å². The van der Waals surface area contributed by atoms with Crippen molar-refractivity contribution >= 4 is 11.0 Å². The van der Waals surface area contributed by atoms with Gasteiger partial charge in [-0.15, -0.1) is 0 Å². The van der Waals surface area contributed by atoms with Gasteiger partial charge >= 0.3 is 0 Å². The molecule has 0 spiro atoms. The van der Waals surface area contributed by atoms with Gasteiger partial charge in [-0.3, -0.25) is 0 Å². The van der Waals surface area contributed by atoms with Crippen molar-refractivity contribution in [3.8, 4) is 22.8 Å². The number of hydrogen-bond acceptors (Lipinski definition) is 4. The second kappa shape index (κ2) is 5.35. The van der Waals surface area contributed by atoms with Crippen LogP contribution in [0, 0.1) is 6.92 Å². The second-order valence-electron chi connectivity index (χ2n) is 5.53. The third-order valence-corrected chi connectivity index (χ3v) is 3.91. The summed E-state index contributed by atoms with van der Waals surface area (Å²) < 4.78 is 7.52. The molecule has 5 heteroatoms. The van der Waals surface area contributed by atoms with Gasteiger partial charge in [0.15, 0.2) is 0 Å². The van der Waals surface area contributed by atoms with E-state index in [0.29, 0.717) is 11.7 Å². The van der Waals surface area contributed by atoms with Gasteiger partial charge in [0.1, 0.15) is 0 Å². The maximum absolute atomic E-state index is 5.41. The van der Waals surface area contributed by atoms with Crippen molar-refractivity contribution in [3.05, 3.63) is 54.4 Å². The summed E-state index contributed by atoms with van der Waals surface area (Å²) in [7, 11) is 0. The molecule has 0 radical (unpaired) electrons. The summed E-state index contributed by atoms with van der Waals surface area (Å²) in [4.78, 5) is 8.94. The number of imidazole rings is 1. The van der Waals surface area contributed by atoms with E-state index in [-0.39, 0.29) is 0 Å². The third kappa shape index (κ3) is 2.40. The minimum atomic E-state index is 0.530. The van der Waals surface area contributed by atoms with Crippen molar-refractivity contribution in [2.75, 3.05) is 0 Å². The molecule has 114 valence electrons. The molecule has 2 aromatic heterocycles. The van der Waals surface area contributed by atoms with Crippen LogP contribution in [0.1, 0.15) is 12.5 Å².